The predicted octanol–water partition coefficient (Wildman–Crippen LogP) is 5.44. The molecule has 0 bridgehead atoms. The number of hydroxylamine groups is 1. The van der Waals surface area contributed by atoms with Gasteiger partial charge in [-0.05, 0) is 54.5 Å². The van der Waals surface area contributed by atoms with E-state index < -0.39 is 17.7 Å². The van der Waals surface area contributed by atoms with Gasteiger partial charge in [-0.25, -0.2) is 4.79 Å². The van der Waals surface area contributed by atoms with E-state index in [1.165, 1.54) is 36.4 Å². The van der Waals surface area contributed by atoms with Crippen LogP contribution in [0.1, 0.15) is 27.0 Å². The highest BCUT2D eigenvalue weighted by Gasteiger charge is 2.59. The van der Waals surface area contributed by atoms with Crippen molar-refractivity contribution in [1.82, 2.24) is 5.48 Å². The number of benzene rings is 2. The molecule has 0 fully saturated rings. The van der Waals surface area contributed by atoms with Gasteiger partial charge >= 0.3 is 12.1 Å². The maximum absolute atomic E-state index is 14.0. The molecule has 1 heterocycles. The van der Waals surface area contributed by atoms with E-state index in [0.29, 0.717) is 15.6 Å². The molecule has 2 aromatic carbocycles. The van der Waals surface area contributed by atoms with E-state index in [0.717, 1.165) is 6.08 Å². The largest absolute Gasteiger partial charge is 0.478 e. The van der Waals surface area contributed by atoms with Crippen molar-refractivity contribution < 1.29 is 27.9 Å². The van der Waals surface area contributed by atoms with Crippen LogP contribution in [0.15, 0.2) is 46.9 Å². The Morgan fingerprint density at radius 2 is 1.96 bits per heavy atom. The summed E-state index contributed by atoms with van der Waals surface area (Å²) in [5.41, 5.74) is 0.301. The first kappa shape index (κ1) is 19.7. The van der Waals surface area contributed by atoms with Crippen LogP contribution in [0, 0.1) is 6.92 Å². The molecule has 142 valence electrons. The summed E-state index contributed by atoms with van der Waals surface area (Å²) in [4.78, 5) is 16.1. The molecule has 3 rings (SSSR count). The number of aromatic carboxylic acids is 1. The molecule has 2 aromatic rings. The van der Waals surface area contributed by atoms with Crippen LogP contribution in [-0.2, 0) is 10.4 Å². The summed E-state index contributed by atoms with van der Waals surface area (Å²) in [6, 6.07) is 8.15. The number of carboxylic acid groups (broad SMARTS) is 1. The molecule has 1 unspecified atom stereocenters. The number of alkyl halides is 3. The molecule has 0 amide bonds. The van der Waals surface area contributed by atoms with Crippen LogP contribution in [0.4, 0.5) is 13.2 Å². The average molecular weight is 463 g/mol. The SMILES string of the molecule is Cc1cc(C2=CC(c3cc(Cl)cc(Br)c3)(C(F)(F)F)ON2)ccc1C(=O)O. The molecule has 0 saturated heterocycles. The molecule has 0 aliphatic carbocycles. The van der Waals surface area contributed by atoms with Crippen LogP contribution >= 0.6 is 27.5 Å². The normalized spacial score (nSPS) is 19.6. The second-order valence-corrected chi connectivity index (χ2v) is 7.34. The van der Waals surface area contributed by atoms with Crippen LogP contribution in [0.5, 0.6) is 0 Å². The van der Waals surface area contributed by atoms with E-state index in [-0.39, 0.29) is 21.8 Å². The van der Waals surface area contributed by atoms with Gasteiger partial charge < -0.3 is 5.11 Å². The number of carbonyl (C=O) groups is 1. The molecule has 4 nitrogen and oxygen atoms in total. The monoisotopic (exact) mass is 461 g/mol. The van der Waals surface area contributed by atoms with Crippen molar-refractivity contribution in [3.05, 3.63) is 74.2 Å². The lowest BCUT2D eigenvalue weighted by Crippen LogP contribution is -2.42. The molecule has 0 saturated carbocycles. The molecule has 0 aromatic heterocycles. The second kappa shape index (κ2) is 6.85. The first-order valence-electron chi connectivity index (χ1n) is 7.58. The van der Waals surface area contributed by atoms with E-state index in [1.54, 1.807) is 6.92 Å². The van der Waals surface area contributed by atoms with Gasteiger partial charge in [0.1, 0.15) is 0 Å². The maximum atomic E-state index is 14.0. The molecule has 1 atom stereocenters. The molecule has 0 radical (unpaired) electrons. The van der Waals surface area contributed by atoms with Gasteiger partial charge in [-0.15, -0.1) is 0 Å². The predicted molar refractivity (Wildman–Crippen MR) is 97.2 cm³/mol. The van der Waals surface area contributed by atoms with Crippen LogP contribution in [0.3, 0.4) is 0 Å². The van der Waals surface area contributed by atoms with Gasteiger partial charge in [0.05, 0.1) is 11.3 Å². The van der Waals surface area contributed by atoms with Gasteiger partial charge in [0.25, 0.3) is 0 Å². The van der Waals surface area contributed by atoms with Gasteiger partial charge in [-0.3, -0.25) is 10.3 Å². The van der Waals surface area contributed by atoms with Crippen molar-refractivity contribution >= 4 is 39.2 Å². The van der Waals surface area contributed by atoms with E-state index >= 15 is 0 Å². The molecule has 2 N–H and O–H groups in total. The van der Waals surface area contributed by atoms with Crippen LogP contribution < -0.4 is 5.48 Å². The van der Waals surface area contributed by atoms with Crippen molar-refractivity contribution in [2.45, 2.75) is 18.7 Å². The molecular formula is C18H12BrClF3NO3. The summed E-state index contributed by atoms with van der Waals surface area (Å²) in [5, 5.41) is 9.21. The zero-order chi connectivity index (χ0) is 20.0. The fraction of sp³-hybridized carbons (Fsp3) is 0.167. The summed E-state index contributed by atoms with van der Waals surface area (Å²) >= 11 is 9.05. The summed E-state index contributed by atoms with van der Waals surface area (Å²) in [6.45, 7) is 1.56. The number of halogens is 5. The van der Waals surface area contributed by atoms with E-state index in [9.17, 15) is 18.0 Å². The number of carboxylic acids is 1. The zero-order valence-electron chi connectivity index (χ0n) is 13.7. The van der Waals surface area contributed by atoms with Crippen LogP contribution in [-0.4, -0.2) is 17.3 Å². The van der Waals surface area contributed by atoms with Gasteiger partial charge in [-0.2, -0.15) is 13.2 Å². The zero-order valence-corrected chi connectivity index (χ0v) is 16.0. The fourth-order valence-electron chi connectivity index (χ4n) is 2.82. The fourth-order valence-corrected chi connectivity index (χ4v) is 3.69. The Labute approximate surface area is 165 Å². The number of aryl methyl sites for hydroxylation is 1. The molecule has 27 heavy (non-hydrogen) atoms. The Hall–Kier alpha value is -2.03. The maximum Gasteiger partial charge on any atom is 0.428 e. The van der Waals surface area contributed by atoms with Gasteiger partial charge in [0, 0.05) is 15.1 Å². The van der Waals surface area contributed by atoms with Crippen molar-refractivity contribution in [2.75, 3.05) is 0 Å². The van der Waals surface area contributed by atoms with Crippen molar-refractivity contribution in [3.63, 3.8) is 0 Å². The lowest BCUT2D eigenvalue weighted by Gasteiger charge is -2.28. The van der Waals surface area contributed by atoms with E-state index in [1.807, 2.05) is 0 Å². The summed E-state index contributed by atoms with van der Waals surface area (Å²) in [5.74, 6) is -1.11. The first-order chi connectivity index (χ1) is 12.5. The molecule has 1 aliphatic heterocycles. The number of nitrogens with one attached hydrogen (secondary N) is 1. The highest BCUT2D eigenvalue weighted by Crippen LogP contribution is 2.48. The van der Waals surface area contributed by atoms with E-state index in [4.69, 9.17) is 21.5 Å². The van der Waals surface area contributed by atoms with Crippen molar-refractivity contribution in [3.8, 4) is 0 Å². The summed E-state index contributed by atoms with van der Waals surface area (Å²) < 4.78 is 42.2. The first-order valence-corrected chi connectivity index (χ1v) is 8.75. The lowest BCUT2D eigenvalue weighted by molar-refractivity contribution is -0.269. The average Bonchev–Trinajstić information content (AvgIpc) is 3.00. The number of hydrogen-bond acceptors (Lipinski definition) is 3. The van der Waals surface area contributed by atoms with Gasteiger partial charge in [-0.1, -0.05) is 33.6 Å². The minimum Gasteiger partial charge on any atom is -0.478 e. The topological polar surface area (TPSA) is 58.6 Å². The Kier molecular flexibility index (Phi) is 5.00. The third-order valence-corrected chi connectivity index (χ3v) is 4.83. The highest BCUT2D eigenvalue weighted by atomic mass is 79.9. The Morgan fingerprint density at radius 3 is 2.52 bits per heavy atom. The molecule has 1 aliphatic rings. The van der Waals surface area contributed by atoms with Crippen LogP contribution in [0.25, 0.3) is 5.70 Å². The Bertz CT molecular complexity index is 941. The van der Waals surface area contributed by atoms with Crippen molar-refractivity contribution in [1.29, 1.82) is 0 Å². The minimum atomic E-state index is -4.78. The highest BCUT2D eigenvalue weighted by molar-refractivity contribution is 9.10. The van der Waals surface area contributed by atoms with Gasteiger partial charge in [0.15, 0.2) is 0 Å². The second-order valence-electron chi connectivity index (χ2n) is 5.99. The third-order valence-electron chi connectivity index (χ3n) is 4.15. The standard InChI is InChI=1S/C18H12BrClF3NO3/c1-9-4-10(2-3-14(9)16(25)26)15-8-17(27-24-15,18(21,22)23)11-5-12(19)7-13(20)6-11/h2-8,24H,1H3,(H,25,26). The summed E-state index contributed by atoms with van der Waals surface area (Å²) in [6.07, 6.45) is -3.86. The molecule has 0 spiro atoms. The van der Waals surface area contributed by atoms with E-state index in [2.05, 4.69) is 21.4 Å². The Balaban J connectivity index is 2.12. The van der Waals surface area contributed by atoms with Crippen LogP contribution in [0.2, 0.25) is 5.02 Å². The third kappa shape index (κ3) is 3.56. The quantitative estimate of drug-likeness (QED) is 0.637. The lowest BCUT2D eigenvalue weighted by atomic mass is 9.91. The van der Waals surface area contributed by atoms with Gasteiger partial charge in [0.2, 0.25) is 5.60 Å². The Morgan fingerprint density at radius 1 is 1.26 bits per heavy atom. The smallest absolute Gasteiger partial charge is 0.428 e. The van der Waals surface area contributed by atoms with Crippen molar-refractivity contribution in [2.24, 2.45) is 0 Å². The number of rotatable bonds is 3. The molecule has 9 heteroatoms. The molecular weight excluding hydrogens is 451 g/mol. The summed E-state index contributed by atoms with van der Waals surface area (Å²) in [7, 11) is 0. The number of hydrogen-bond donors (Lipinski definition) is 2. The minimum absolute atomic E-state index is 0.0686.